The second-order valence-corrected chi connectivity index (χ2v) is 18.2. The van der Waals surface area contributed by atoms with Crippen LogP contribution in [0.2, 0.25) is 0 Å². The van der Waals surface area contributed by atoms with Crippen LogP contribution >= 0.6 is 24.8 Å². The average Bonchev–Trinajstić information content (AvgIpc) is 3.91. The van der Waals surface area contributed by atoms with E-state index >= 15 is 0 Å². The predicted molar refractivity (Wildman–Crippen MR) is 244 cm³/mol. The monoisotopic (exact) mass is 958 g/mol. The fourth-order valence-corrected chi connectivity index (χ4v) is 8.08. The topological polar surface area (TPSA) is 0 Å². The van der Waals surface area contributed by atoms with Gasteiger partial charge < -0.3 is 0 Å². The van der Waals surface area contributed by atoms with Gasteiger partial charge in [-0.2, -0.15) is 6.08 Å². The molecule has 6 aromatic carbocycles. The molecule has 2 aliphatic rings. The third-order valence-corrected chi connectivity index (χ3v) is 11.8. The molecule has 0 N–H and O–H groups in total. The molecule has 0 aromatic heterocycles. The number of benzene rings is 6. The zero-order chi connectivity index (χ0) is 43.5. The number of hydrogen-bond donors (Lipinski definition) is 0. The van der Waals surface area contributed by atoms with Crippen LogP contribution in [0.25, 0.3) is 33.4 Å². The van der Waals surface area contributed by atoms with Crippen LogP contribution in [0.3, 0.4) is 0 Å². The number of allylic oxidation sites excluding steroid dienone is 4. The molecule has 62 heavy (non-hydrogen) atoms. The number of fused-ring (bicyclic) bond motifs is 3. The summed E-state index contributed by atoms with van der Waals surface area (Å²) in [5, 5.41) is 0. The van der Waals surface area contributed by atoms with Crippen molar-refractivity contribution in [3.63, 3.8) is 0 Å². The molecule has 9 heteroatoms. The van der Waals surface area contributed by atoms with Crippen LogP contribution in [-0.4, -0.2) is 3.21 Å². The van der Waals surface area contributed by atoms with Gasteiger partial charge in [-0.3, -0.25) is 6.08 Å². The van der Waals surface area contributed by atoms with Crippen LogP contribution < -0.4 is 0 Å². The largest absolute Gasteiger partial charge is 0.273 e. The van der Waals surface area contributed by atoms with Crippen molar-refractivity contribution in [1.29, 1.82) is 0 Å². The second kappa shape index (κ2) is 20.5. The van der Waals surface area contributed by atoms with Crippen LogP contribution in [0.5, 0.6) is 0 Å². The minimum atomic E-state index is -4.49. The molecule has 0 unspecified atom stereocenters. The van der Waals surface area contributed by atoms with E-state index in [1.165, 1.54) is 79.9 Å². The number of rotatable bonds is 4. The van der Waals surface area contributed by atoms with Crippen LogP contribution in [-0.2, 0) is 53.8 Å². The maximum Gasteiger partial charge on any atom is -0.109 e. The fraction of sp³-hybridized carbons (Fsp3) is 0.226. The van der Waals surface area contributed by atoms with E-state index in [1.54, 1.807) is 0 Å². The molecule has 0 aliphatic heterocycles. The molecule has 0 bridgehead atoms. The van der Waals surface area contributed by atoms with Gasteiger partial charge in [0.25, 0.3) is 0 Å². The van der Waals surface area contributed by atoms with Crippen molar-refractivity contribution in [1.82, 2.24) is 0 Å². The Morgan fingerprint density at radius 1 is 0.548 bits per heavy atom. The first-order chi connectivity index (χ1) is 28.2. The minimum absolute atomic E-state index is 0. The Bertz CT molecular complexity index is 2370. The van der Waals surface area contributed by atoms with Crippen LogP contribution in [0.15, 0.2) is 146 Å². The molecule has 6 aromatic rings. The van der Waals surface area contributed by atoms with E-state index in [0.717, 1.165) is 61.3 Å². The zero-order valence-corrected chi connectivity index (χ0v) is 39.4. The Morgan fingerprint density at radius 2 is 1.05 bits per heavy atom. The Hall–Kier alpha value is -4.29. The van der Waals surface area contributed by atoms with E-state index in [9.17, 15) is 26.3 Å². The molecule has 0 saturated heterocycles. The minimum Gasteiger partial charge on any atom is -0.273 e. The standard InChI is InChI=1S/C33H33.C15H8F6.C5H5.2ClH.Zr/c1-32(2,3)30-20-26-24(18-28(30)22-13-9-7-10-14-22)17-25-19-29(23-15-11-8-12-16-23)31(21-27(25)26)33(4,5)6;16-14(17,18)12-5-1-3-10(8-12)7-11-4-2-6-13(9-11)15(19,20)21;1-2-4-5-3-1;;;/h7-16,18,20-21H,17H2,1-6H3;1-6,8-9H;1-3H,4H2;2*1H;/q-1;;-1;;;+2. The van der Waals surface area contributed by atoms with Gasteiger partial charge in [-0.1, -0.05) is 131 Å². The molecule has 0 amide bonds. The van der Waals surface area contributed by atoms with Gasteiger partial charge in [-0.05, 0) is 39.5 Å². The van der Waals surface area contributed by atoms with E-state index in [1.807, 2.05) is 12.2 Å². The first-order valence-electron chi connectivity index (χ1n) is 19.8. The van der Waals surface area contributed by atoms with Gasteiger partial charge >= 0.3 is 137 Å². The van der Waals surface area contributed by atoms with Gasteiger partial charge in [0.05, 0.1) is 0 Å². The van der Waals surface area contributed by atoms with Gasteiger partial charge in [-0.15, -0.1) is 60.1 Å². The average molecular weight is 961 g/mol. The van der Waals surface area contributed by atoms with Gasteiger partial charge in [0.2, 0.25) is 0 Å². The molecule has 0 heterocycles. The summed E-state index contributed by atoms with van der Waals surface area (Å²) in [5.41, 5.74) is 12.4. The zero-order valence-electron chi connectivity index (χ0n) is 35.4. The first-order valence-corrected chi connectivity index (χ1v) is 21.0. The van der Waals surface area contributed by atoms with Crippen LogP contribution in [0.4, 0.5) is 26.3 Å². The van der Waals surface area contributed by atoms with Crippen molar-refractivity contribution in [2.24, 2.45) is 0 Å². The molecule has 0 nitrogen and oxygen atoms in total. The van der Waals surface area contributed by atoms with E-state index in [2.05, 4.69) is 139 Å². The molecule has 320 valence electrons. The summed E-state index contributed by atoms with van der Waals surface area (Å²) in [4.78, 5) is 0. The molecular weight excluding hydrogens is 913 g/mol. The summed E-state index contributed by atoms with van der Waals surface area (Å²) in [7, 11) is 0. The van der Waals surface area contributed by atoms with Gasteiger partial charge in [0, 0.05) is 0 Å². The van der Waals surface area contributed by atoms with E-state index < -0.39 is 23.5 Å². The Kier molecular flexibility index (Phi) is 16.6. The van der Waals surface area contributed by atoms with E-state index in [-0.39, 0.29) is 46.8 Å². The molecule has 0 spiro atoms. The van der Waals surface area contributed by atoms with Crippen molar-refractivity contribution in [3.8, 4) is 33.4 Å². The van der Waals surface area contributed by atoms with Crippen LogP contribution in [0.1, 0.15) is 92.5 Å². The Balaban J connectivity index is 0.000000252. The Morgan fingerprint density at radius 3 is 1.48 bits per heavy atom. The number of halogens is 8. The maximum absolute atomic E-state index is 12.7. The molecule has 2 aliphatic carbocycles. The molecule has 0 atom stereocenters. The quantitative estimate of drug-likeness (QED) is 0.122. The van der Waals surface area contributed by atoms with Crippen LogP contribution in [0, 0.1) is 12.1 Å². The third kappa shape index (κ3) is 12.2. The normalized spacial score (nSPS) is 12.7. The van der Waals surface area contributed by atoms with Crippen molar-refractivity contribution in [2.45, 2.75) is 77.6 Å². The van der Waals surface area contributed by atoms with Gasteiger partial charge in [0.15, 0.2) is 0 Å². The SMILES string of the molecule is CC(C)(C)c1cc2c([c-]c1-c1ccccc1)Cc1cc(-c3ccccc3)c(C(C)(C)C)cc1-2.Cl.Cl.FC(F)(F)c1cccc([C](=[Zr+2])c2cccc(C(F)(F)F)c2)c1.[C-]1=CC=CC1. The number of alkyl halides is 6. The Labute approximate surface area is 389 Å². The van der Waals surface area contributed by atoms with Gasteiger partial charge in [-0.25, -0.2) is 12.2 Å². The first kappa shape index (κ1) is 50.4. The smallest absolute Gasteiger partial charge is 0.109 e. The molecule has 0 radical (unpaired) electrons. The van der Waals surface area contributed by atoms with E-state index in [0.29, 0.717) is 3.21 Å². The van der Waals surface area contributed by atoms with Crippen molar-refractivity contribution in [3.05, 3.63) is 202 Å². The van der Waals surface area contributed by atoms with Crippen molar-refractivity contribution in [2.75, 3.05) is 0 Å². The van der Waals surface area contributed by atoms with Gasteiger partial charge in [0.1, 0.15) is 0 Å². The van der Waals surface area contributed by atoms with Crippen molar-refractivity contribution >= 4 is 28.0 Å². The molecule has 0 fully saturated rings. The fourth-order valence-electron chi connectivity index (χ4n) is 7.31. The summed E-state index contributed by atoms with van der Waals surface area (Å²) >= 11 is 0.729. The summed E-state index contributed by atoms with van der Waals surface area (Å²) in [5.74, 6) is 0. The summed E-state index contributed by atoms with van der Waals surface area (Å²) in [6.07, 6.45) is 1.97. The summed E-state index contributed by atoms with van der Waals surface area (Å²) in [6.45, 7) is 13.9. The molecular formula is C53H48Cl2F6Zr. The van der Waals surface area contributed by atoms with Crippen molar-refractivity contribution < 1.29 is 50.6 Å². The predicted octanol–water partition coefficient (Wildman–Crippen LogP) is 16.0. The third-order valence-electron chi connectivity index (χ3n) is 10.4. The number of hydrogen-bond acceptors (Lipinski definition) is 0. The second-order valence-electron chi connectivity index (χ2n) is 16.9. The summed E-state index contributed by atoms with van der Waals surface area (Å²) < 4.78 is 76.7. The maximum atomic E-state index is 12.7. The molecule has 0 saturated carbocycles. The van der Waals surface area contributed by atoms with E-state index in [4.69, 9.17) is 0 Å². The molecule has 8 rings (SSSR count). The summed E-state index contributed by atoms with van der Waals surface area (Å²) in [6, 6.07) is 42.0.